The third kappa shape index (κ3) is 9.19. The molecule has 0 saturated carbocycles. The van der Waals surface area contributed by atoms with Crippen LogP contribution in [0.3, 0.4) is 0 Å². The SMILES string of the molecule is O=P(F)(F)N=P(Cl)(Cl)Cl. The minimum atomic E-state index is -5.51. The Morgan fingerprint density at radius 3 is 1.56 bits per heavy atom. The second kappa shape index (κ2) is 3.06. The van der Waals surface area contributed by atoms with E-state index in [-0.39, 0.29) is 0 Å². The first-order valence-corrected chi connectivity index (χ1v) is 7.33. The largest absolute Gasteiger partial charge is 0.531 e. The molecule has 2 nitrogen and oxygen atoms in total. The van der Waals surface area contributed by atoms with Crippen molar-refractivity contribution in [2.75, 3.05) is 0 Å². The topological polar surface area (TPSA) is 29.4 Å². The molecular weight excluding hydrogens is 236 g/mol. The van der Waals surface area contributed by atoms with Gasteiger partial charge in [0.05, 0.1) is 0 Å². The van der Waals surface area contributed by atoms with Crippen molar-refractivity contribution in [1.29, 1.82) is 0 Å². The van der Waals surface area contributed by atoms with Crippen LogP contribution in [0.15, 0.2) is 4.52 Å². The maximum atomic E-state index is 11.4. The molecule has 56 valence electrons. The highest BCUT2D eigenvalue weighted by Gasteiger charge is 2.22. The first-order chi connectivity index (χ1) is 3.71. The van der Waals surface area contributed by atoms with Crippen molar-refractivity contribution in [3.8, 4) is 0 Å². The molecule has 0 aliphatic rings. The van der Waals surface area contributed by atoms with Crippen LogP contribution >= 0.6 is 46.7 Å². The van der Waals surface area contributed by atoms with Gasteiger partial charge in [0.2, 0.25) is 5.11 Å². The maximum absolute atomic E-state index is 11.4. The number of nitrogens with zero attached hydrogens (tertiary/aromatic N) is 1. The Bertz CT molecular complexity index is 182. The molecule has 0 atom stereocenters. The Labute approximate surface area is 64.6 Å². The van der Waals surface area contributed by atoms with Gasteiger partial charge in [-0.05, 0) is 33.7 Å². The summed E-state index contributed by atoms with van der Waals surface area (Å²) < 4.78 is 34.4. The van der Waals surface area contributed by atoms with Gasteiger partial charge in [-0.25, -0.2) is 4.57 Å². The molecule has 0 aromatic carbocycles. The fourth-order valence-corrected chi connectivity index (χ4v) is 3.19. The molecule has 0 N–H and O–H groups in total. The van der Waals surface area contributed by atoms with Crippen LogP contribution in [0.25, 0.3) is 0 Å². The lowest BCUT2D eigenvalue weighted by atomic mass is 13.9. The van der Waals surface area contributed by atoms with E-state index in [0.717, 1.165) is 0 Å². The zero-order valence-electron chi connectivity index (χ0n) is 3.64. The summed E-state index contributed by atoms with van der Waals surface area (Å²) in [7, 11) is -5.51. The summed E-state index contributed by atoms with van der Waals surface area (Å²) >= 11 is 14.5. The van der Waals surface area contributed by atoms with Crippen LogP contribution in [0.2, 0.25) is 0 Å². The van der Waals surface area contributed by atoms with Crippen molar-refractivity contribution in [3.05, 3.63) is 0 Å². The molecule has 0 rings (SSSR count). The number of hydrogen-bond donors (Lipinski definition) is 0. The van der Waals surface area contributed by atoms with E-state index in [9.17, 15) is 13.0 Å². The smallest absolute Gasteiger partial charge is 0.224 e. The Morgan fingerprint density at radius 1 is 1.22 bits per heavy atom. The molecular formula is Cl3F2NOP2. The van der Waals surface area contributed by atoms with Gasteiger partial charge in [0.25, 0.3) is 0 Å². The van der Waals surface area contributed by atoms with Crippen LogP contribution in [-0.4, -0.2) is 0 Å². The van der Waals surface area contributed by atoms with E-state index in [1.54, 1.807) is 0 Å². The van der Waals surface area contributed by atoms with Crippen molar-refractivity contribution in [2.24, 2.45) is 4.52 Å². The molecule has 0 saturated heterocycles. The molecule has 0 aliphatic heterocycles. The number of halogens is 5. The molecule has 0 amide bonds. The summed E-state index contributed by atoms with van der Waals surface area (Å²) in [4.78, 5) is 0. The molecule has 9 heavy (non-hydrogen) atoms. The average Bonchev–Trinajstić information content (AvgIpc) is 1.14. The van der Waals surface area contributed by atoms with Crippen molar-refractivity contribution in [2.45, 2.75) is 0 Å². The predicted octanol–water partition coefficient (Wildman–Crippen LogP) is 4.70. The Kier molecular flexibility index (Phi) is 3.47. The standard InChI is InChI=1S/Cl3F2NOP2/c1-8(2,3)6-9(4,5)7. The summed E-state index contributed by atoms with van der Waals surface area (Å²) in [5.41, 5.74) is 0. The van der Waals surface area contributed by atoms with Crippen molar-refractivity contribution < 1.29 is 13.0 Å². The summed E-state index contributed by atoms with van der Waals surface area (Å²) in [6.07, 6.45) is 0. The van der Waals surface area contributed by atoms with Gasteiger partial charge in [0.15, 0.2) is 0 Å². The van der Waals surface area contributed by atoms with Gasteiger partial charge in [-0.2, -0.15) is 0 Å². The lowest BCUT2D eigenvalue weighted by molar-refractivity contribution is 0.497. The molecule has 9 heteroatoms. The number of hydrogen-bond acceptors (Lipinski definition) is 1. The van der Waals surface area contributed by atoms with Crippen LogP contribution in [0.5, 0.6) is 0 Å². The van der Waals surface area contributed by atoms with E-state index in [4.69, 9.17) is 33.7 Å². The first kappa shape index (κ1) is 10.2. The molecule has 0 unspecified atom stereocenters. The van der Waals surface area contributed by atoms with Gasteiger partial charge in [-0.3, -0.25) is 0 Å². The Balaban J connectivity index is 4.53. The highest BCUT2D eigenvalue weighted by atomic mass is 36.0. The van der Waals surface area contributed by atoms with Gasteiger partial charge in [-0.1, -0.05) is 0 Å². The number of rotatable bonds is 1. The first-order valence-electron chi connectivity index (χ1n) is 1.43. The predicted molar refractivity (Wildman–Crippen MR) is 36.7 cm³/mol. The van der Waals surface area contributed by atoms with E-state index < -0.39 is 13.0 Å². The highest BCUT2D eigenvalue weighted by Crippen LogP contribution is 2.72. The summed E-state index contributed by atoms with van der Waals surface area (Å²) in [6, 6.07) is 0. The third-order valence-corrected chi connectivity index (χ3v) is 3.68. The minimum Gasteiger partial charge on any atom is -0.224 e. The summed E-state index contributed by atoms with van der Waals surface area (Å²) in [6.45, 7) is 0. The average molecular weight is 236 g/mol. The normalized spacial score (nSPS) is 13.4. The Hall–Kier alpha value is 1.19. The lowest BCUT2D eigenvalue weighted by Gasteiger charge is -1.93. The molecule has 0 aliphatic carbocycles. The van der Waals surface area contributed by atoms with Gasteiger partial charge >= 0.3 is 7.91 Å². The fourth-order valence-electron chi connectivity index (χ4n) is 0.118. The van der Waals surface area contributed by atoms with Gasteiger partial charge < -0.3 is 0 Å². The van der Waals surface area contributed by atoms with Gasteiger partial charge in [0, 0.05) is 0 Å². The van der Waals surface area contributed by atoms with E-state index in [2.05, 4.69) is 4.52 Å². The van der Waals surface area contributed by atoms with Crippen LogP contribution in [0, 0.1) is 0 Å². The quantitative estimate of drug-likeness (QED) is 0.607. The van der Waals surface area contributed by atoms with E-state index in [1.165, 1.54) is 0 Å². The maximum Gasteiger partial charge on any atom is 0.531 e. The minimum absolute atomic E-state index is 2.17. The molecule has 0 heterocycles. The van der Waals surface area contributed by atoms with Gasteiger partial charge in [0.1, 0.15) is 0 Å². The zero-order chi connectivity index (χ0) is 7.71. The summed E-state index contributed by atoms with van der Waals surface area (Å²) in [5.74, 6) is 0. The molecule has 0 fully saturated rings. The van der Waals surface area contributed by atoms with Crippen LogP contribution < -0.4 is 0 Å². The van der Waals surface area contributed by atoms with E-state index in [1.807, 2.05) is 0 Å². The zero-order valence-corrected chi connectivity index (χ0v) is 7.70. The van der Waals surface area contributed by atoms with E-state index in [0.29, 0.717) is 0 Å². The van der Waals surface area contributed by atoms with Crippen LogP contribution in [-0.2, 0) is 4.57 Å². The lowest BCUT2D eigenvalue weighted by Crippen LogP contribution is -1.46. The monoisotopic (exact) mass is 235 g/mol. The van der Waals surface area contributed by atoms with Crippen molar-refractivity contribution >= 4 is 46.7 Å². The third-order valence-electron chi connectivity index (χ3n) is 0.206. The molecule has 0 bridgehead atoms. The second-order valence-electron chi connectivity index (χ2n) is 0.943. The van der Waals surface area contributed by atoms with Crippen molar-refractivity contribution in [1.82, 2.24) is 0 Å². The van der Waals surface area contributed by atoms with Crippen LogP contribution in [0.4, 0.5) is 8.39 Å². The Morgan fingerprint density at radius 2 is 1.56 bits per heavy atom. The van der Waals surface area contributed by atoms with Crippen LogP contribution in [0.1, 0.15) is 0 Å². The fraction of sp³-hybridized carbons (Fsp3) is 0. The summed E-state index contributed by atoms with van der Waals surface area (Å²) in [5, 5.41) is -3.51. The van der Waals surface area contributed by atoms with Gasteiger partial charge in [-0.15, -0.1) is 12.9 Å². The molecule has 0 aromatic heterocycles. The van der Waals surface area contributed by atoms with E-state index >= 15 is 0 Å². The highest BCUT2D eigenvalue weighted by molar-refractivity contribution is 8.27. The molecule has 0 radical (unpaired) electrons. The second-order valence-corrected chi connectivity index (χ2v) is 9.33. The van der Waals surface area contributed by atoms with Crippen molar-refractivity contribution in [3.63, 3.8) is 0 Å². The molecule has 0 aromatic rings. The molecule has 0 spiro atoms.